The van der Waals surface area contributed by atoms with Gasteiger partial charge in [-0.05, 0) is 27.2 Å². The van der Waals surface area contributed by atoms with Gasteiger partial charge in [-0.2, -0.15) is 0 Å². The third kappa shape index (κ3) is 3.97. The summed E-state index contributed by atoms with van der Waals surface area (Å²) < 4.78 is 5.22. The monoisotopic (exact) mass is 280 g/mol. The lowest BCUT2D eigenvalue weighted by atomic mass is 10.2. The second-order valence-corrected chi connectivity index (χ2v) is 5.82. The van der Waals surface area contributed by atoms with Crippen LogP contribution in [0.5, 0.6) is 5.75 Å². The molecule has 2 N–H and O–H groups in total. The number of nitrogens with zero attached hydrogens (tertiary/aromatic N) is 3. The summed E-state index contributed by atoms with van der Waals surface area (Å²) >= 11 is 0. The van der Waals surface area contributed by atoms with Gasteiger partial charge in [-0.1, -0.05) is 0 Å². The van der Waals surface area contributed by atoms with Crippen LogP contribution in [0.3, 0.4) is 0 Å². The Kier molecular flexibility index (Phi) is 3.96. The normalized spacial score (nSPS) is 18.9. The second kappa shape index (κ2) is 5.52. The van der Waals surface area contributed by atoms with Gasteiger partial charge < -0.3 is 20.1 Å². The molecule has 0 aliphatic carbocycles. The van der Waals surface area contributed by atoms with Crippen molar-refractivity contribution in [2.75, 3.05) is 18.0 Å². The molecule has 1 amide bonds. The predicted octanol–water partition coefficient (Wildman–Crippen LogP) is 1.29. The average Bonchev–Trinajstić information content (AvgIpc) is 2.75. The van der Waals surface area contributed by atoms with Crippen LogP contribution in [-0.4, -0.2) is 45.9 Å². The molecular weight excluding hydrogens is 260 g/mol. The number of amides is 1. The quantitative estimate of drug-likeness (QED) is 0.848. The van der Waals surface area contributed by atoms with Gasteiger partial charge in [0.25, 0.3) is 0 Å². The number of carbonyl (C=O) groups excluding carboxylic acids is 1. The Morgan fingerprint density at radius 2 is 2.10 bits per heavy atom. The molecule has 1 aromatic rings. The van der Waals surface area contributed by atoms with E-state index in [0.717, 1.165) is 13.0 Å². The van der Waals surface area contributed by atoms with Crippen LogP contribution in [0.4, 0.5) is 10.7 Å². The van der Waals surface area contributed by atoms with Crippen molar-refractivity contribution in [1.29, 1.82) is 0 Å². The van der Waals surface area contributed by atoms with E-state index in [1.165, 1.54) is 12.4 Å². The van der Waals surface area contributed by atoms with Crippen LogP contribution in [0.2, 0.25) is 0 Å². The van der Waals surface area contributed by atoms with Crippen molar-refractivity contribution in [1.82, 2.24) is 15.3 Å². The smallest absolute Gasteiger partial charge is 0.407 e. The van der Waals surface area contributed by atoms with Gasteiger partial charge in [0, 0.05) is 13.1 Å². The van der Waals surface area contributed by atoms with Crippen LogP contribution in [-0.2, 0) is 4.74 Å². The topological polar surface area (TPSA) is 87.6 Å². The molecule has 7 heteroatoms. The van der Waals surface area contributed by atoms with Gasteiger partial charge in [0.15, 0.2) is 5.75 Å². The van der Waals surface area contributed by atoms with Crippen LogP contribution in [0, 0.1) is 0 Å². The minimum Gasteiger partial charge on any atom is -0.505 e. The van der Waals surface area contributed by atoms with Crippen molar-refractivity contribution in [2.45, 2.75) is 38.8 Å². The van der Waals surface area contributed by atoms with E-state index < -0.39 is 11.7 Å². The van der Waals surface area contributed by atoms with Crippen molar-refractivity contribution < 1.29 is 14.6 Å². The fourth-order valence-corrected chi connectivity index (χ4v) is 2.01. The van der Waals surface area contributed by atoms with Gasteiger partial charge in [-0.25, -0.2) is 14.8 Å². The molecule has 1 aliphatic heterocycles. The van der Waals surface area contributed by atoms with Gasteiger partial charge in [-0.15, -0.1) is 0 Å². The molecular formula is C13H20N4O3. The van der Waals surface area contributed by atoms with E-state index in [1.54, 1.807) is 0 Å². The molecule has 0 radical (unpaired) electrons. The lowest BCUT2D eigenvalue weighted by molar-refractivity contribution is 0.0509. The van der Waals surface area contributed by atoms with Crippen molar-refractivity contribution >= 4 is 12.0 Å². The molecule has 1 saturated heterocycles. The highest BCUT2D eigenvalue weighted by molar-refractivity contribution is 5.68. The molecule has 0 bridgehead atoms. The Morgan fingerprint density at radius 1 is 1.45 bits per heavy atom. The van der Waals surface area contributed by atoms with Crippen LogP contribution < -0.4 is 10.2 Å². The minimum absolute atomic E-state index is 0.0160. The summed E-state index contributed by atoms with van der Waals surface area (Å²) in [6, 6.07) is 0.0160. The molecule has 0 spiro atoms. The molecule has 20 heavy (non-hydrogen) atoms. The fraction of sp³-hybridized carbons (Fsp3) is 0.615. The molecule has 2 heterocycles. The molecule has 110 valence electrons. The van der Waals surface area contributed by atoms with E-state index >= 15 is 0 Å². The SMILES string of the molecule is CC(C)(C)OC(=O)NC1CCN(c2ncc(O)cn2)C1. The summed E-state index contributed by atoms with van der Waals surface area (Å²) in [6.07, 6.45) is 3.12. The molecule has 1 atom stereocenters. The Bertz CT molecular complexity index is 469. The van der Waals surface area contributed by atoms with E-state index in [-0.39, 0.29) is 11.8 Å². The summed E-state index contributed by atoms with van der Waals surface area (Å²) in [6.45, 7) is 6.88. The number of aromatic nitrogens is 2. The van der Waals surface area contributed by atoms with Crippen molar-refractivity contribution in [3.63, 3.8) is 0 Å². The van der Waals surface area contributed by atoms with Crippen LogP contribution in [0.25, 0.3) is 0 Å². The van der Waals surface area contributed by atoms with Gasteiger partial charge in [-0.3, -0.25) is 0 Å². The van der Waals surface area contributed by atoms with Gasteiger partial charge in [0.1, 0.15) is 5.60 Å². The highest BCUT2D eigenvalue weighted by Crippen LogP contribution is 2.17. The van der Waals surface area contributed by atoms with Gasteiger partial charge in [0.05, 0.1) is 18.4 Å². The zero-order valence-corrected chi connectivity index (χ0v) is 12.0. The molecule has 2 rings (SSSR count). The van der Waals surface area contributed by atoms with Gasteiger partial charge in [0.2, 0.25) is 5.95 Å². The fourth-order valence-electron chi connectivity index (χ4n) is 2.01. The lowest BCUT2D eigenvalue weighted by Gasteiger charge is -2.22. The molecule has 7 nitrogen and oxygen atoms in total. The molecule has 1 aromatic heterocycles. The Hall–Kier alpha value is -2.05. The summed E-state index contributed by atoms with van der Waals surface area (Å²) in [4.78, 5) is 21.8. The zero-order valence-electron chi connectivity index (χ0n) is 12.0. The summed E-state index contributed by atoms with van der Waals surface area (Å²) in [7, 11) is 0. The molecule has 1 fully saturated rings. The first-order valence-corrected chi connectivity index (χ1v) is 6.59. The van der Waals surface area contributed by atoms with E-state index in [1.807, 2.05) is 25.7 Å². The highest BCUT2D eigenvalue weighted by Gasteiger charge is 2.27. The van der Waals surface area contributed by atoms with Crippen molar-refractivity contribution in [2.24, 2.45) is 0 Å². The average molecular weight is 280 g/mol. The summed E-state index contributed by atoms with van der Waals surface area (Å²) in [5, 5.41) is 12.0. The van der Waals surface area contributed by atoms with Crippen LogP contribution in [0.15, 0.2) is 12.4 Å². The molecule has 1 unspecified atom stereocenters. The first kappa shape index (κ1) is 14.4. The standard InChI is InChI=1S/C13H20N4O3/c1-13(2,3)20-12(19)16-9-4-5-17(8-9)11-14-6-10(18)7-15-11/h6-7,9,18H,4-5,8H2,1-3H3,(H,16,19). The van der Waals surface area contributed by atoms with E-state index in [2.05, 4.69) is 15.3 Å². The number of hydrogen-bond donors (Lipinski definition) is 2. The molecule has 0 saturated carbocycles. The maximum atomic E-state index is 11.7. The minimum atomic E-state index is -0.498. The number of aromatic hydroxyl groups is 1. The summed E-state index contributed by atoms with van der Waals surface area (Å²) in [5.74, 6) is 0.590. The Labute approximate surface area is 118 Å². The first-order valence-electron chi connectivity index (χ1n) is 6.59. The molecule has 1 aliphatic rings. The number of nitrogens with one attached hydrogen (secondary N) is 1. The Balaban J connectivity index is 1.86. The predicted molar refractivity (Wildman–Crippen MR) is 73.7 cm³/mol. The third-order valence-electron chi connectivity index (χ3n) is 2.82. The number of rotatable bonds is 2. The highest BCUT2D eigenvalue weighted by atomic mass is 16.6. The van der Waals surface area contributed by atoms with E-state index in [9.17, 15) is 4.79 Å². The summed E-state index contributed by atoms with van der Waals surface area (Å²) in [5.41, 5.74) is -0.498. The second-order valence-electron chi connectivity index (χ2n) is 5.82. The van der Waals surface area contributed by atoms with E-state index in [4.69, 9.17) is 9.84 Å². The third-order valence-corrected chi connectivity index (χ3v) is 2.82. The van der Waals surface area contributed by atoms with Gasteiger partial charge >= 0.3 is 6.09 Å². The first-order chi connectivity index (χ1) is 9.33. The molecule has 0 aromatic carbocycles. The number of hydrogen-bond acceptors (Lipinski definition) is 6. The van der Waals surface area contributed by atoms with Crippen molar-refractivity contribution in [3.05, 3.63) is 12.4 Å². The number of carbonyl (C=O) groups is 1. The maximum Gasteiger partial charge on any atom is 0.407 e. The number of anilines is 1. The van der Waals surface area contributed by atoms with E-state index in [0.29, 0.717) is 12.5 Å². The Morgan fingerprint density at radius 3 is 2.70 bits per heavy atom. The lowest BCUT2D eigenvalue weighted by Crippen LogP contribution is -2.40. The largest absolute Gasteiger partial charge is 0.505 e. The number of ether oxygens (including phenoxy) is 1. The van der Waals surface area contributed by atoms with Crippen LogP contribution >= 0.6 is 0 Å². The maximum absolute atomic E-state index is 11.7. The van der Waals surface area contributed by atoms with Crippen LogP contribution in [0.1, 0.15) is 27.2 Å². The van der Waals surface area contributed by atoms with Crippen molar-refractivity contribution in [3.8, 4) is 5.75 Å². The number of alkyl carbamates (subject to hydrolysis) is 1. The zero-order chi connectivity index (χ0) is 14.8.